The van der Waals surface area contributed by atoms with Crippen LogP contribution in [0.3, 0.4) is 0 Å². The van der Waals surface area contributed by atoms with E-state index in [-0.39, 0.29) is 6.04 Å². The second kappa shape index (κ2) is 2.88. The summed E-state index contributed by atoms with van der Waals surface area (Å²) in [6.07, 6.45) is 2.97. The van der Waals surface area contributed by atoms with Crippen molar-refractivity contribution in [2.24, 2.45) is 5.73 Å². The monoisotopic (exact) mass is 138 g/mol. The Kier molecular flexibility index (Phi) is 2.12. The highest BCUT2D eigenvalue weighted by atomic mass is 14.7. The largest absolute Gasteiger partial charge is 0.365 e. The van der Waals surface area contributed by atoms with Crippen molar-refractivity contribution in [2.45, 2.75) is 26.3 Å². The van der Waals surface area contributed by atoms with E-state index in [4.69, 9.17) is 5.73 Å². The fourth-order valence-corrected chi connectivity index (χ4v) is 0.980. The molecular formula is C8H14N2. The van der Waals surface area contributed by atoms with Gasteiger partial charge in [0.2, 0.25) is 0 Å². The summed E-state index contributed by atoms with van der Waals surface area (Å²) in [5.41, 5.74) is 8.18. The van der Waals surface area contributed by atoms with Crippen LogP contribution in [0.2, 0.25) is 0 Å². The molecule has 0 aromatic carbocycles. The van der Waals surface area contributed by atoms with E-state index < -0.39 is 0 Å². The molecule has 1 atom stereocenters. The van der Waals surface area contributed by atoms with Gasteiger partial charge in [-0.1, -0.05) is 6.92 Å². The van der Waals surface area contributed by atoms with Gasteiger partial charge in [-0.2, -0.15) is 0 Å². The smallest absolute Gasteiger partial charge is 0.0307 e. The summed E-state index contributed by atoms with van der Waals surface area (Å²) in [4.78, 5) is 3.10. The molecule has 56 valence electrons. The van der Waals surface area contributed by atoms with Crippen molar-refractivity contribution in [2.75, 3.05) is 0 Å². The Labute approximate surface area is 61.4 Å². The number of hydrogen-bond donors (Lipinski definition) is 2. The molecule has 0 spiro atoms. The van der Waals surface area contributed by atoms with Gasteiger partial charge < -0.3 is 10.7 Å². The molecule has 1 aromatic rings. The third-order valence-corrected chi connectivity index (χ3v) is 1.72. The molecule has 0 aliphatic rings. The van der Waals surface area contributed by atoms with E-state index in [1.165, 1.54) is 11.3 Å². The van der Waals surface area contributed by atoms with E-state index in [0.29, 0.717) is 0 Å². The maximum Gasteiger partial charge on any atom is 0.0307 e. The molecule has 1 unspecified atom stereocenters. The van der Waals surface area contributed by atoms with E-state index in [0.717, 1.165) is 6.42 Å². The van der Waals surface area contributed by atoms with E-state index in [2.05, 4.69) is 18.0 Å². The molecule has 0 saturated carbocycles. The Bertz CT molecular complexity index is 203. The summed E-state index contributed by atoms with van der Waals surface area (Å²) in [5, 5.41) is 0. The van der Waals surface area contributed by atoms with Gasteiger partial charge in [0.15, 0.2) is 0 Å². The fraction of sp³-hybridized carbons (Fsp3) is 0.500. The molecule has 1 heterocycles. The summed E-state index contributed by atoms with van der Waals surface area (Å²) in [5.74, 6) is 0. The van der Waals surface area contributed by atoms with Crippen LogP contribution in [-0.2, 0) is 0 Å². The normalized spacial score (nSPS) is 13.5. The predicted octanol–water partition coefficient (Wildman–Crippen LogP) is 1.73. The zero-order valence-corrected chi connectivity index (χ0v) is 6.52. The molecule has 0 aliphatic heterocycles. The van der Waals surface area contributed by atoms with Gasteiger partial charge >= 0.3 is 0 Å². The van der Waals surface area contributed by atoms with Crippen molar-refractivity contribution in [1.29, 1.82) is 0 Å². The molecule has 0 saturated heterocycles. The van der Waals surface area contributed by atoms with Crippen LogP contribution in [0.15, 0.2) is 12.3 Å². The van der Waals surface area contributed by atoms with E-state index in [9.17, 15) is 0 Å². The number of hydrogen-bond acceptors (Lipinski definition) is 1. The second-order valence-electron chi connectivity index (χ2n) is 2.63. The molecule has 2 nitrogen and oxygen atoms in total. The minimum Gasteiger partial charge on any atom is -0.365 e. The maximum atomic E-state index is 5.79. The van der Waals surface area contributed by atoms with Gasteiger partial charge in [-0.05, 0) is 25.0 Å². The van der Waals surface area contributed by atoms with Gasteiger partial charge in [0, 0.05) is 17.9 Å². The highest BCUT2D eigenvalue weighted by Gasteiger charge is 2.02. The van der Waals surface area contributed by atoms with Crippen LogP contribution < -0.4 is 5.73 Å². The minimum atomic E-state index is 0.199. The Hall–Kier alpha value is -0.760. The minimum absolute atomic E-state index is 0.199. The number of nitrogens with two attached hydrogens (primary N) is 1. The van der Waals surface area contributed by atoms with E-state index >= 15 is 0 Å². The van der Waals surface area contributed by atoms with Gasteiger partial charge in [0.05, 0.1) is 0 Å². The number of aryl methyl sites for hydroxylation is 1. The first-order valence-electron chi connectivity index (χ1n) is 3.64. The number of aromatic nitrogens is 1. The first-order valence-corrected chi connectivity index (χ1v) is 3.64. The predicted molar refractivity (Wildman–Crippen MR) is 42.7 cm³/mol. The molecule has 1 aromatic heterocycles. The fourth-order valence-electron chi connectivity index (χ4n) is 0.980. The quantitative estimate of drug-likeness (QED) is 0.642. The molecular weight excluding hydrogens is 124 g/mol. The first kappa shape index (κ1) is 7.35. The molecule has 0 amide bonds. The number of H-pyrrole nitrogens is 1. The molecule has 10 heavy (non-hydrogen) atoms. The average Bonchev–Trinajstić information content (AvgIpc) is 2.34. The average molecular weight is 138 g/mol. The topological polar surface area (TPSA) is 41.8 Å². The number of aromatic amines is 1. The lowest BCUT2D eigenvalue weighted by atomic mass is 10.1. The van der Waals surface area contributed by atoms with Crippen molar-refractivity contribution in [3.05, 3.63) is 23.5 Å². The zero-order valence-electron chi connectivity index (χ0n) is 6.52. The van der Waals surface area contributed by atoms with Crippen LogP contribution in [0, 0.1) is 6.92 Å². The Morgan fingerprint density at radius 1 is 1.70 bits per heavy atom. The SMILES string of the molecule is CCC(N)c1c[nH]c(C)c1. The van der Waals surface area contributed by atoms with Gasteiger partial charge in [-0.3, -0.25) is 0 Å². The van der Waals surface area contributed by atoms with Crippen LogP contribution in [0.5, 0.6) is 0 Å². The van der Waals surface area contributed by atoms with E-state index in [1.54, 1.807) is 0 Å². The lowest BCUT2D eigenvalue weighted by Gasteiger charge is -2.03. The first-order chi connectivity index (χ1) is 4.74. The van der Waals surface area contributed by atoms with Gasteiger partial charge in [0.1, 0.15) is 0 Å². The van der Waals surface area contributed by atoms with Crippen molar-refractivity contribution in [3.8, 4) is 0 Å². The van der Waals surface area contributed by atoms with Crippen molar-refractivity contribution < 1.29 is 0 Å². The van der Waals surface area contributed by atoms with Gasteiger partial charge in [0.25, 0.3) is 0 Å². The number of nitrogens with one attached hydrogen (secondary N) is 1. The van der Waals surface area contributed by atoms with Crippen LogP contribution >= 0.6 is 0 Å². The summed E-state index contributed by atoms with van der Waals surface area (Å²) < 4.78 is 0. The molecule has 0 aliphatic carbocycles. The van der Waals surface area contributed by atoms with Crippen molar-refractivity contribution in [1.82, 2.24) is 4.98 Å². The summed E-state index contributed by atoms with van der Waals surface area (Å²) in [6.45, 7) is 4.12. The molecule has 0 bridgehead atoms. The van der Waals surface area contributed by atoms with Crippen molar-refractivity contribution in [3.63, 3.8) is 0 Å². The maximum absolute atomic E-state index is 5.79. The van der Waals surface area contributed by atoms with Gasteiger partial charge in [-0.25, -0.2) is 0 Å². The van der Waals surface area contributed by atoms with Crippen LogP contribution in [-0.4, -0.2) is 4.98 Å². The van der Waals surface area contributed by atoms with Gasteiger partial charge in [-0.15, -0.1) is 0 Å². The number of rotatable bonds is 2. The van der Waals surface area contributed by atoms with Crippen LogP contribution in [0.1, 0.15) is 30.6 Å². The molecule has 1 rings (SSSR count). The van der Waals surface area contributed by atoms with Crippen molar-refractivity contribution >= 4 is 0 Å². The molecule has 0 radical (unpaired) electrons. The highest BCUT2D eigenvalue weighted by Crippen LogP contribution is 2.13. The standard InChI is InChI=1S/C8H14N2/c1-3-8(9)7-4-6(2)10-5-7/h4-5,8,10H,3,9H2,1-2H3. The second-order valence-corrected chi connectivity index (χ2v) is 2.63. The highest BCUT2D eigenvalue weighted by molar-refractivity contribution is 5.18. The Balaban J connectivity index is 2.74. The third kappa shape index (κ3) is 1.39. The molecule has 0 fully saturated rings. The van der Waals surface area contributed by atoms with E-state index in [1.807, 2.05) is 13.1 Å². The summed E-state index contributed by atoms with van der Waals surface area (Å²) in [7, 11) is 0. The molecule has 3 N–H and O–H groups in total. The Morgan fingerprint density at radius 2 is 2.40 bits per heavy atom. The Morgan fingerprint density at radius 3 is 2.80 bits per heavy atom. The van der Waals surface area contributed by atoms with Crippen LogP contribution in [0.25, 0.3) is 0 Å². The zero-order chi connectivity index (χ0) is 7.56. The lowest BCUT2D eigenvalue weighted by molar-refractivity contribution is 0.699. The summed E-state index contributed by atoms with van der Waals surface area (Å²) >= 11 is 0. The summed E-state index contributed by atoms with van der Waals surface area (Å²) in [6, 6.07) is 2.29. The van der Waals surface area contributed by atoms with Crippen LogP contribution in [0.4, 0.5) is 0 Å². The third-order valence-electron chi connectivity index (χ3n) is 1.72. The molecule has 2 heteroatoms. The lowest BCUT2D eigenvalue weighted by Crippen LogP contribution is -2.06.